The van der Waals surface area contributed by atoms with Gasteiger partial charge in [0.15, 0.2) is 0 Å². The first kappa shape index (κ1) is 10.1. The van der Waals surface area contributed by atoms with Gasteiger partial charge in [-0.05, 0) is 24.3 Å². The maximum atomic E-state index is 13.1. The van der Waals surface area contributed by atoms with Crippen molar-refractivity contribution in [3.63, 3.8) is 0 Å². The molecule has 0 amide bonds. The van der Waals surface area contributed by atoms with Crippen molar-refractivity contribution in [3.8, 4) is 0 Å². The fourth-order valence-corrected chi connectivity index (χ4v) is 1.11. The van der Waals surface area contributed by atoms with E-state index in [2.05, 4.69) is 12.6 Å². The lowest BCUT2D eigenvalue weighted by Crippen LogP contribution is -1.88. The summed E-state index contributed by atoms with van der Waals surface area (Å²) in [6.07, 6.45) is 4.47. The number of benzene rings is 1. The van der Waals surface area contributed by atoms with Crippen molar-refractivity contribution in [2.45, 2.75) is 6.42 Å². The summed E-state index contributed by atoms with van der Waals surface area (Å²) in [6.45, 7) is 0. The van der Waals surface area contributed by atoms with Gasteiger partial charge in [0.1, 0.15) is 5.82 Å². The molecule has 0 bridgehead atoms. The first-order chi connectivity index (χ1) is 6.24. The number of hydrogen-bond acceptors (Lipinski definition) is 2. The molecule has 13 heavy (non-hydrogen) atoms. The second-order valence-corrected chi connectivity index (χ2v) is 3.14. The van der Waals surface area contributed by atoms with E-state index in [1.54, 1.807) is 18.2 Å². The van der Waals surface area contributed by atoms with E-state index in [0.717, 1.165) is 12.2 Å². The Hall–Kier alpha value is -0.960. The Morgan fingerprint density at radius 1 is 1.46 bits per heavy atom. The number of thiol groups is 1. The molecule has 0 heterocycles. The van der Waals surface area contributed by atoms with Gasteiger partial charge in [-0.3, -0.25) is 0 Å². The molecule has 1 aromatic rings. The molecule has 1 rings (SSSR count). The number of nitrogens with two attached hydrogens (primary N) is 1. The van der Waals surface area contributed by atoms with E-state index in [-0.39, 0.29) is 5.82 Å². The first-order valence-corrected chi connectivity index (χ1v) is 4.69. The summed E-state index contributed by atoms with van der Waals surface area (Å²) in [5, 5.41) is 0. The Bertz CT molecular complexity index is 310. The van der Waals surface area contributed by atoms with E-state index in [9.17, 15) is 4.39 Å². The third-order valence-electron chi connectivity index (χ3n) is 1.62. The Labute approximate surface area is 82.9 Å². The van der Waals surface area contributed by atoms with E-state index < -0.39 is 0 Å². The van der Waals surface area contributed by atoms with Gasteiger partial charge in [-0.2, -0.15) is 12.6 Å². The molecule has 0 fully saturated rings. The van der Waals surface area contributed by atoms with Crippen molar-refractivity contribution in [2.24, 2.45) is 0 Å². The van der Waals surface area contributed by atoms with E-state index in [1.165, 1.54) is 6.07 Å². The van der Waals surface area contributed by atoms with Gasteiger partial charge < -0.3 is 5.73 Å². The molecule has 0 aromatic heterocycles. The van der Waals surface area contributed by atoms with Gasteiger partial charge in [0, 0.05) is 11.3 Å². The number of rotatable bonds is 3. The second kappa shape index (κ2) is 4.92. The average molecular weight is 197 g/mol. The predicted octanol–water partition coefficient (Wildman–Crippen LogP) is 2.74. The number of hydrogen-bond donors (Lipinski definition) is 2. The molecule has 2 N–H and O–H groups in total. The van der Waals surface area contributed by atoms with Crippen molar-refractivity contribution in [1.82, 2.24) is 0 Å². The summed E-state index contributed by atoms with van der Waals surface area (Å²) < 4.78 is 13.1. The molecule has 0 saturated heterocycles. The number of nitrogen functional groups attached to an aromatic ring is 1. The number of allylic oxidation sites excluding steroid dienone is 1. The summed E-state index contributed by atoms with van der Waals surface area (Å²) in [5.74, 6) is 0.489. The van der Waals surface area contributed by atoms with Crippen LogP contribution in [0.1, 0.15) is 12.0 Å². The van der Waals surface area contributed by atoms with E-state index >= 15 is 0 Å². The van der Waals surface area contributed by atoms with Crippen molar-refractivity contribution < 1.29 is 4.39 Å². The second-order valence-electron chi connectivity index (χ2n) is 2.70. The van der Waals surface area contributed by atoms with Crippen LogP contribution in [0.2, 0.25) is 0 Å². The normalized spacial score (nSPS) is 10.9. The molecule has 1 nitrogen and oxygen atoms in total. The minimum absolute atomic E-state index is 0.282. The van der Waals surface area contributed by atoms with Crippen molar-refractivity contribution in [1.29, 1.82) is 0 Å². The maximum absolute atomic E-state index is 13.1. The lowest BCUT2D eigenvalue weighted by Gasteiger charge is -1.97. The summed E-state index contributed by atoms with van der Waals surface area (Å²) in [5.41, 5.74) is 6.42. The molecule has 3 heteroatoms. The lowest BCUT2D eigenvalue weighted by molar-refractivity contribution is 0.625. The molecule has 0 aliphatic carbocycles. The standard InChI is InChI=1S/C10H12FNS/c11-10-7-9(12)5-4-8(10)3-1-2-6-13/h1,3-5,7,13H,2,6,12H2. The summed E-state index contributed by atoms with van der Waals surface area (Å²) in [7, 11) is 0. The highest BCUT2D eigenvalue weighted by atomic mass is 32.1. The lowest BCUT2D eigenvalue weighted by atomic mass is 10.1. The predicted molar refractivity (Wildman–Crippen MR) is 58.3 cm³/mol. The smallest absolute Gasteiger partial charge is 0.132 e. The number of anilines is 1. The van der Waals surface area contributed by atoms with Gasteiger partial charge in [-0.25, -0.2) is 4.39 Å². The maximum Gasteiger partial charge on any atom is 0.132 e. The Morgan fingerprint density at radius 2 is 2.23 bits per heavy atom. The molecule has 0 radical (unpaired) electrons. The molecule has 0 spiro atoms. The van der Waals surface area contributed by atoms with Gasteiger partial charge in [-0.15, -0.1) is 0 Å². The highest BCUT2D eigenvalue weighted by molar-refractivity contribution is 7.80. The third-order valence-corrected chi connectivity index (χ3v) is 1.88. The Morgan fingerprint density at radius 3 is 2.85 bits per heavy atom. The minimum Gasteiger partial charge on any atom is -0.399 e. The fraction of sp³-hybridized carbons (Fsp3) is 0.200. The van der Waals surface area contributed by atoms with Crippen LogP contribution in [0.15, 0.2) is 24.3 Å². The summed E-state index contributed by atoms with van der Waals surface area (Å²) in [6, 6.07) is 4.67. The fourth-order valence-electron chi connectivity index (χ4n) is 0.963. The minimum atomic E-state index is -0.282. The van der Waals surface area contributed by atoms with Crippen LogP contribution in [0.4, 0.5) is 10.1 Å². The molecule has 0 aliphatic heterocycles. The molecule has 0 atom stereocenters. The van der Waals surface area contributed by atoms with Gasteiger partial charge >= 0.3 is 0 Å². The molecule has 1 aromatic carbocycles. The Balaban J connectivity index is 2.77. The van der Waals surface area contributed by atoms with Gasteiger partial charge in [0.05, 0.1) is 0 Å². The van der Waals surface area contributed by atoms with Gasteiger partial charge in [0.25, 0.3) is 0 Å². The summed E-state index contributed by atoms with van der Waals surface area (Å²) >= 11 is 4.04. The van der Waals surface area contributed by atoms with Crippen LogP contribution in [0.3, 0.4) is 0 Å². The van der Waals surface area contributed by atoms with Crippen molar-refractivity contribution in [3.05, 3.63) is 35.7 Å². The third kappa shape index (κ3) is 3.11. The average Bonchev–Trinajstić information content (AvgIpc) is 2.09. The topological polar surface area (TPSA) is 26.0 Å². The van der Waals surface area contributed by atoms with Crippen LogP contribution in [-0.2, 0) is 0 Å². The highest BCUT2D eigenvalue weighted by Crippen LogP contribution is 2.13. The van der Waals surface area contributed by atoms with E-state index in [0.29, 0.717) is 11.3 Å². The number of halogens is 1. The zero-order chi connectivity index (χ0) is 9.68. The molecule has 0 unspecified atom stereocenters. The first-order valence-electron chi connectivity index (χ1n) is 4.06. The largest absolute Gasteiger partial charge is 0.399 e. The van der Waals surface area contributed by atoms with Crippen molar-refractivity contribution in [2.75, 3.05) is 11.5 Å². The van der Waals surface area contributed by atoms with Crippen LogP contribution in [0.25, 0.3) is 6.08 Å². The van der Waals surface area contributed by atoms with Crippen molar-refractivity contribution >= 4 is 24.4 Å². The molecule has 70 valence electrons. The Kier molecular flexibility index (Phi) is 3.83. The van der Waals surface area contributed by atoms with Crippen LogP contribution in [0, 0.1) is 5.82 Å². The van der Waals surface area contributed by atoms with Crippen LogP contribution in [0.5, 0.6) is 0 Å². The SMILES string of the molecule is Nc1ccc(C=CCCS)c(F)c1. The molecular formula is C10H12FNS. The van der Waals surface area contributed by atoms with Crippen LogP contribution < -0.4 is 5.73 Å². The molecular weight excluding hydrogens is 185 g/mol. The highest BCUT2D eigenvalue weighted by Gasteiger charge is 1.97. The monoisotopic (exact) mass is 197 g/mol. The van der Waals surface area contributed by atoms with Gasteiger partial charge in [0.2, 0.25) is 0 Å². The van der Waals surface area contributed by atoms with E-state index in [1.807, 2.05) is 6.08 Å². The quantitative estimate of drug-likeness (QED) is 0.565. The molecule has 0 aliphatic rings. The van der Waals surface area contributed by atoms with E-state index in [4.69, 9.17) is 5.73 Å². The van der Waals surface area contributed by atoms with Crippen LogP contribution in [-0.4, -0.2) is 5.75 Å². The zero-order valence-corrected chi connectivity index (χ0v) is 8.10. The van der Waals surface area contributed by atoms with Crippen LogP contribution >= 0.6 is 12.6 Å². The summed E-state index contributed by atoms with van der Waals surface area (Å²) in [4.78, 5) is 0. The molecule has 0 saturated carbocycles. The zero-order valence-electron chi connectivity index (χ0n) is 7.20. The van der Waals surface area contributed by atoms with Gasteiger partial charge in [-0.1, -0.05) is 18.2 Å².